The Morgan fingerprint density at radius 1 is 1.28 bits per heavy atom. The highest BCUT2D eigenvalue weighted by molar-refractivity contribution is 7.86. The van der Waals surface area contributed by atoms with Gasteiger partial charge >= 0.3 is 0 Å². The predicted octanol–water partition coefficient (Wildman–Crippen LogP) is 0.750. The molecule has 18 heavy (non-hydrogen) atoms. The quantitative estimate of drug-likeness (QED) is 0.699. The number of nitrogens with zero attached hydrogens (tertiary/aromatic N) is 2. The van der Waals surface area contributed by atoms with Gasteiger partial charge in [-0.3, -0.25) is 0 Å². The summed E-state index contributed by atoms with van der Waals surface area (Å²) in [5.74, 6) is 0.907. The lowest BCUT2D eigenvalue weighted by Gasteiger charge is -2.24. The fourth-order valence-corrected chi connectivity index (χ4v) is 3.78. The van der Waals surface area contributed by atoms with Crippen LogP contribution in [0.1, 0.15) is 27.2 Å². The van der Waals surface area contributed by atoms with Crippen molar-refractivity contribution in [3.05, 3.63) is 0 Å². The molecule has 0 saturated carbocycles. The molecule has 0 amide bonds. The topological polar surface area (TPSA) is 52.7 Å². The zero-order valence-corrected chi connectivity index (χ0v) is 12.8. The summed E-state index contributed by atoms with van der Waals surface area (Å²) in [6.07, 6.45) is 0.850. The van der Waals surface area contributed by atoms with Crippen molar-refractivity contribution in [2.45, 2.75) is 27.2 Å². The lowest BCUT2D eigenvalue weighted by atomic mass is 10.0. The minimum atomic E-state index is -3.25. The number of hydrogen-bond donors (Lipinski definition) is 1. The SMILES string of the molecule is CCNCCCN(C)S(=O)(=O)N1CC(C)C(C)C1. The molecule has 0 aliphatic carbocycles. The molecular formula is C12H27N3O2S. The van der Waals surface area contributed by atoms with Crippen molar-refractivity contribution in [1.29, 1.82) is 0 Å². The van der Waals surface area contributed by atoms with Crippen LogP contribution in [0.2, 0.25) is 0 Å². The van der Waals surface area contributed by atoms with Gasteiger partial charge in [-0.15, -0.1) is 0 Å². The van der Waals surface area contributed by atoms with Crippen LogP contribution < -0.4 is 5.32 Å². The van der Waals surface area contributed by atoms with E-state index in [4.69, 9.17) is 0 Å². The smallest absolute Gasteiger partial charge is 0.281 e. The van der Waals surface area contributed by atoms with E-state index in [1.807, 2.05) is 6.92 Å². The van der Waals surface area contributed by atoms with Crippen LogP contribution in [0.5, 0.6) is 0 Å². The van der Waals surface area contributed by atoms with Crippen LogP contribution in [0.3, 0.4) is 0 Å². The van der Waals surface area contributed by atoms with Crippen molar-refractivity contribution in [3.8, 4) is 0 Å². The van der Waals surface area contributed by atoms with E-state index in [9.17, 15) is 8.42 Å². The maximum Gasteiger partial charge on any atom is 0.281 e. The third kappa shape index (κ3) is 3.91. The van der Waals surface area contributed by atoms with Gasteiger partial charge in [0, 0.05) is 26.7 Å². The maximum atomic E-state index is 12.3. The summed E-state index contributed by atoms with van der Waals surface area (Å²) >= 11 is 0. The van der Waals surface area contributed by atoms with Gasteiger partial charge in [0.25, 0.3) is 10.2 Å². The fourth-order valence-electron chi connectivity index (χ4n) is 2.18. The minimum absolute atomic E-state index is 0.454. The van der Waals surface area contributed by atoms with Crippen LogP contribution >= 0.6 is 0 Å². The van der Waals surface area contributed by atoms with Crippen molar-refractivity contribution >= 4 is 10.2 Å². The Labute approximate surface area is 112 Å². The molecule has 2 unspecified atom stereocenters. The largest absolute Gasteiger partial charge is 0.317 e. The lowest BCUT2D eigenvalue weighted by Crippen LogP contribution is -2.41. The number of rotatable bonds is 7. The van der Waals surface area contributed by atoms with E-state index in [-0.39, 0.29) is 0 Å². The molecule has 1 saturated heterocycles. The molecule has 1 heterocycles. The predicted molar refractivity (Wildman–Crippen MR) is 74.6 cm³/mol. The maximum absolute atomic E-state index is 12.3. The second kappa shape index (κ2) is 6.84. The number of hydrogen-bond acceptors (Lipinski definition) is 3. The van der Waals surface area contributed by atoms with Gasteiger partial charge in [-0.1, -0.05) is 20.8 Å². The van der Waals surface area contributed by atoms with E-state index < -0.39 is 10.2 Å². The third-order valence-corrected chi connectivity index (χ3v) is 5.67. The number of nitrogens with one attached hydrogen (secondary N) is 1. The Hall–Kier alpha value is -0.170. The zero-order valence-electron chi connectivity index (χ0n) is 12.0. The molecule has 5 nitrogen and oxygen atoms in total. The average molecular weight is 277 g/mol. The molecule has 0 radical (unpaired) electrons. The molecule has 0 bridgehead atoms. The van der Waals surface area contributed by atoms with Crippen LogP contribution in [-0.4, -0.2) is 56.8 Å². The minimum Gasteiger partial charge on any atom is -0.317 e. The summed E-state index contributed by atoms with van der Waals surface area (Å²) < 4.78 is 27.7. The van der Waals surface area contributed by atoms with Crippen LogP contribution in [0.25, 0.3) is 0 Å². The van der Waals surface area contributed by atoms with E-state index in [1.54, 1.807) is 11.4 Å². The zero-order chi connectivity index (χ0) is 13.8. The summed E-state index contributed by atoms with van der Waals surface area (Å²) in [4.78, 5) is 0. The molecule has 6 heteroatoms. The first-order chi connectivity index (χ1) is 8.39. The second-order valence-corrected chi connectivity index (χ2v) is 7.34. The molecule has 0 aromatic rings. The van der Waals surface area contributed by atoms with Gasteiger partial charge in [-0.2, -0.15) is 17.0 Å². The van der Waals surface area contributed by atoms with Gasteiger partial charge in [-0.25, -0.2) is 0 Å². The van der Waals surface area contributed by atoms with Crippen LogP contribution in [-0.2, 0) is 10.2 Å². The Bertz CT molecular complexity index is 335. The highest BCUT2D eigenvalue weighted by Gasteiger charge is 2.35. The van der Waals surface area contributed by atoms with E-state index in [0.29, 0.717) is 31.5 Å². The van der Waals surface area contributed by atoms with Crippen LogP contribution in [0.4, 0.5) is 0 Å². The first kappa shape index (κ1) is 15.9. The summed E-state index contributed by atoms with van der Waals surface area (Å²) in [5, 5.41) is 3.20. The molecule has 1 aliphatic heterocycles. The van der Waals surface area contributed by atoms with Gasteiger partial charge in [-0.05, 0) is 31.3 Å². The van der Waals surface area contributed by atoms with Crippen molar-refractivity contribution in [2.24, 2.45) is 11.8 Å². The Balaban J connectivity index is 2.47. The third-order valence-electron chi connectivity index (χ3n) is 3.75. The molecule has 1 fully saturated rings. The Morgan fingerprint density at radius 3 is 2.33 bits per heavy atom. The molecule has 0 aromatic heterocycles. The molecule has 1 aliphatic rings. The molecular weight excluding hydrogens is 250 g/mol. The van der Waals surface area contributed by atoms with E-state index in [0.717, 1.165) is 19.5 Å². The monoisotopic (exact) mass is 277 g/mol. The van der Waals surface area contributed by atoms with E-state index in [2.05, 4.69) is 19.2 Å². The van der Waals surface area contributed by atoms with Gasteiger partial charge in [0.15, 0.2) is 0 Å². The first-order valence-electron chi connectivity index (χ1n) is 6.81. The molecule has 1 N–H and O–H groups in total. The molecule has 108 valence electrons. The molecule has 1 rings (SSSR count). The van der Waals surface area contributed by atoms with Crippen LogP contribution in [0, 0.1) is 11.8 Å². The van der Waals surface area contributed by atoms with E-state index in [1.165, 1.54) is 4.31 Å². The highest BCUT2D eigenvalue weighted by atomic mass is 32.2. The van der Waals surface area contributed by atoms with Crippen molar-refractivity contribution < 1.29 is 8.42 Å². The summed E-state index contributed by atoms with van der Waals surface area (Å²) in [6, 6.07) is 0. The summed E-state index contributed by atoms with van der Waals surface area (Å²) in [6.45, 7) is 9.96. The summed E-state index contributed by atoms with van der Waals surface area (Å²) in [7, 11) is -1.58. The Kier molecular flexibility index (Phi) is 6.04. The normalized spacial score (nSPS) is 26.1. The molecule has 2 atom stereocenters. The Morgan fingerprint density at radius 2 is 1.83 bits per heavy atom. The van der Waals surface area contributed by atoms with Gasteiger partial charge in [0.2, 0.25) is 0 Å². The van der Waals surface area contributed by atoms with Crippen molar-refractivity contribution in [2.75, 3.05) is 39.8 Å². The van der Waals surface area contributed by atoms with E-state index >= 15 is 0 Å². The highest BCUT2D eigenvalue weighted by Crippen LogP contribution is 2.25. The second-order valence-electron chi connectivity index (χ2n) is 5.31. The van der Waals surface area contributed by atoms with Gasteiger partial charge in [0.05, 0.1) is 0 Å². The molecule has 0 aromatic carbocycles. The average Bonchev–Trinajstić information content (AvgIpc) is 2.65. The van der Waals surface area contributed by atoms with Gasteiger partial charge < -0.3 is 5.32 Å². The van der Waals surface area contributed by atoms with Crippen molar-refractivity contribution in [3.63, 3.8) is 0 Å². The van der Waals surface area contributed by atoms with Crippen LogP contribution in [0.15, 0.2) is 0 Å². The summed E-state index contributed by atoms with van der Waals surface area (Å²) in [5.41, 5.74) is 0. The first-order valence-corrected chi connectivity index (χ1v) is 8.21. The lowest BCUT2D eigenvalue weighted by molar-refractivity contribution is 0.383. The standard InChI is InChI=1S/C12H27N3O2S/c1-5-13-7-6-8-14(4)18(16,17)15-9-11(2)12(3)10-15/h11-13H,5-10H2,1-4H3. The van der Waals surface area contributed by atoms with Crippen molar-refractivity contribution in [1.82, 2.24) is 13.9 Å². The van der Waals surface area contributed by atoms with Gasteiger partial charge in [0.1, 0.15) is 0 Å². The fraction of sp³-hybridized carbons (Fsp3) is 1.00. The molecule has 0 spiro atoms.